The molecule has 1 heterocycles. The number of aryl methyl sites for hydroxylation is 2. The average molecular weight is 353 g/mol. The Kier molecular flexibility index (Phi) is 6.89. The van der Waals surface area contributed by atoms with Gasteiger partial charge in [0.05, 0.1) is 0 Å². The zero-order chi connectivity index (χ0) is 19.1. The van der Waals surface area contributed by atoms with E-state index in [1.54, 1.807) is 24.1 Å². The number of carbonyl (C=O) groups is 2. The van der Waals surface area contributed by atoms with Gasteiger partial charge in [0.1, 0.15) is 5.69 Å². The SMILES string of the molecule is CCCCN(C)C(=O)c1ccnc(C(=O)Nc2c(C)cccc2CC)c1. The number of para-hydroxylation sites is 1. The van der Waals surface area contributed by atoms with E-state index in [9.17, 15) is 9.59 Å². The highest BCUT2D eigenvalue weighted by Gasteiger charge is 2.16. The van der Waals surface area contributed by atoms with Crippen LogP contribution in [0.2, 0.25) is 0 Å². The molecule has 0 fully saturated rings. The van der Waals surface area contributed by atoms with Crippen molar-refractivity contribution in [2.45, 2.75) is 40.0 Å². The summed E-state index contributed by atoms with van der Waals surface area (Å²) in [5.74, 6) is -0.403. The van der Waals surface area contributed by atoms with Gasteiger partial charge in [-0.15, -0.1) is 0 Å². The Hall–Kier alpha value is -2.69. The normalized spacial score (nSPS) is 10.5. The van der Waals surface area contributed by atoms with Crippen molar-refractivity contribution in [1.82, 2.24) is 9.88 Å². The van der Waals surface area contributed by atoms with Crippen molar-refractivity contribution in [3.63, 3.8) is 0 Å². The van der Waals surface area contributed by atoms with Crippen molar-refractivity contribution < 1.29 is 9.59 Å². The maximum Gasteiger partial charge on any atom is 0.274 e. The minimum absolute atomic E-state index is 0.0972. The standard InChI is InChI=1S/C21H27N3O2/c1-5-7-13-24(4)21(26)17-11-12-22-18(14-17)20(25)23-19-15(3)9-8-10-16(19)6-2/h8-12,14H,5-7,13H2,1-4H3,(H,23,25). The first-order valence-corrected chi connectivity index (χ1v) is 9.09. The van der Waals surface area contributed by atoms with Crippen LogP contribution in [0.15, 0.2) is 36.5 Å². The van der Waals surface area contributed by atoms with Gasteiger partial charge < -0.3 is 10.2 Å². The molecule has 0 aliphatic rings. The van der Waals surface area contributed by atoms with Crippen LogP contribution in [0.25, 0.3) is 0 Å². The lowest BCUT2D eigenvalue weighted by atomic mass is 10.1. The molecular formula is C21H27N3O2. The van der Waals surface area contributed by atoms with Gasteiger partial charge in [0, 0.05) is 31.0 Å². The molecule has 1 N–H and O–H groups in total. The van der Waals surface area contributed by atoms with Gasteiger partial charge in [-0.3, -0.25) is 14.6 Å². The zero-order valence-electron chi connectivity index (χ0n) is 16.0. The van der Waals surface area contributed by atoms with Crippen LogP contribution in [0.4, 0.5) is 5.69 Å². The number of aromatic nitrogens is 1. The van der Waals surface area contributed by atoms with Crippen LogP contribution < -0.4 is 5.32 Å². The Morgan fingerprint density at radius 1 is 1.19 bits per heavy atom. The number of amides is 2. The van der Waals surface area contributed by atoms with E-state index in [4.69, 9.17) is 0 Å². The predicted molar refractivity (Wildman–Crippen MR) is 105 cm³/mol. The Morgan fingerprint density at radius 2 is 1.96 bits per heavy atom. The lowest BCUT2D eigenvalue weighted by Gasteiger charge is -2.17. The molecule has 5 heteroatoms. The van der Waals surface area contributed by atoms with Crippen molar-refractivity contribution >= 4 is 17.5 Å². The molecule has 0 atom stereocenters. The molecule has 0 radical (unpaired) electrons. The zero-order valence-corrected chi connectivity index (χ0v) is 16.0. The Labute approximate surface area is 155 Å². The molecule has 0 saturated carbocycles. The van der Waals surface area contributed by atoms with E-state index < -0.39 is 0 Å². The average Bonchev–Trinajstić information content (AvgIpc) is 2.67. The van der Waals surface area contributed by atoms with Crippen molar-refractivity contribution in [2.75, 3.05) is 18.9 Å². The lowest BCUT2D eigenvalue weighted by Crippen LogP contribution is -2.28. The molecule has 0 spiro atoms. The molecule has 2 amide bonds. The molecule has 2 rings (SSSR count). The number of nitrogens with one attached hydrogen (secondary N) is 1. The maximum absolute atomic E-state index is 12.7. The number of carbonyl (C=O) groups excluding carboxylic acids is 2. The number of hydrogen-bond acceptors (Lipinski definition) is 3. The maximum atomic E-state index is 12.7. The van der Waals surface area contributed by atoms with Crippen LogP contribution in [0.5, 0.6) is 0 Å². The number of unbranched alkanes of at least 4 members (excludes halogenated alkanes) is 1. The molecule has 2 aromatic rings. The number of benzene rings is 1. The number of anilines is 1. The highest BCUT2D eigenvalue weighted by Crippen LogP contribution is 2.21. The first-order chi connectivity index (χ1) is 12.5. The molecule has 5 nitrogen and oxygen atoms in total. The van der Waals surface area contributed by atoms with E-state index in [-0.39, 0.29) is 17.5 Å². The highest BCUT2D eigenvalue weighted by atomic mass is 16.2. The molecule has 0 aliphatic heterocycles. The molecule has 26 heavy (non-hydrogen) atoms. The number of hydrogen-bond donors (Lipinski definition) is 1. The van der Waals surface area contributed by atoms with Gasteiger partial charge >= 0.3 is 0 Å². The summed E-state index contributed by atoms with van der Waals surface area (Å²) < 4.78 is 0. The van der Waals surface area contributed by atoms with Crippen LogP contribution in [0.1, 0.15) is 58.7 Å². The molecule has 138 valence electrons. The van der Waals surface area contributed by atoms with Gasteiger partial charge in [-0.1, -0.05) is 38.5 Å². The van der Waals surface area contributed by atoms with E-state index in [0.717, 1.165) is 36.1 Å². The number of nitrogens with zero attached hydrogens (tertiary/aromatic N) is 2. The van der Waals surface area contributed by atoms with Gasteiger partial charge in [0.15, 0.2) is 0 Å². The van der Waals surface area contributed by atoms with Crippen molar-refractivity contribution in [3.8, 4) is 0 Å². The second kappa shape index (κ2) is 9.13. The summed E-state index contributed by atoms with van der Waals surface area (Å²) in [6.45, 7) is 6.80. The molecular weight excluding hydrogens is 326 g/mol. The van der Waals surface area contributed by atoms with E-state index in [1.165, 1.54) is 6.20 Å². The van der Waals surface area contributed by atoms with Crippen molar-refractivity contribution in [2.24, 2.45) is 0 Å². The Balaban J connectivity index is 2.20. The van der Waals surface area contributed by atoms with E-state index in [0.29, 0.717) is 12.1 Å². The molecule has 1 aromatic heterocycles. The Bertz CT molecular complexity index is 787. The topological polar surface area (TPSA) is 62.3 Å². The van der Waals surface area contributed by atoms with Gasteiger partial charge in [-0.25, -0.2) is 0 Å². The largest absolute Gasteiger partial charge is 0.342 e. The second-order valence-electron chi connectivity index (χ2n) is 6.43. The first-order valence-electron chi connectivity index (χ1n) is 9.09. The van der Waals surface area contributed by atoms with Crippen molar-refractivity contribution in [3.05, 3.63) is 58.9 Å². The molecule has 0 saturated heterocycles. The van der Waals surface area contributed by atoms with Gasteiger partial charge in [0.25, 0.3) is 11.8 Å². The van der Waals surface area contributed by atoms with Crippen molar-refractivity contribution in [1.29, 1.82) is 0 Å². The monoisotopic (exact) mass is 353 g/mol. The molecule has 1 aromatic carbocycles. The third-order valence-electron chi connectivity index (χ3n) is 4.41. The molecule has 0 unspecified atom stereocenters. The lowest BCUT2D eigenvalue weighted by molar-refractivity contribution is 0.0793. The second-order valence-corrected chi connectivity index (χ2v) is 6.43. The highest BCUT2D eigenvalue weighted by molar-refractivity contribution is 6.05. The van der Waals surface area contributed by atoms with Crippen LogP contribution in [-0.4, -0.2) is 35.3 Å². The minimum Gasteiger partial charge on any atom is -0.342 e. The van der Waals surface area contributed by atoms with Crippen LogP contribution in [0.3, 0.4) is 0 Å². The summed E-state index contributed by atoms with van der Waals surface area (Å²) in [5.41, 5.74) is 3.61. The third-order valence-corrected chi connectivity index (χ3v) is 4.41. The molecule has 0 aliphatic carbocycles. The van der Waals surface area contributed by atoms with Crippen LogP contribution >= 0.6 is 0 Å². The smallest absolute Gasteiger partial charge is 0.274 e. The third kappa shape index (κ3) is 4.69. The van der Waals surface area contributed by atoms with Gasteiger partial charge in [0.2, 0.25) is 0 Å². The predicted octanol–water partition coefficient (Wildman–Crippen LogP) is 4.08. The van der Waals surface area contributed by atoms with Gasteiger partial charge in [-0.05, 0) is 43.0 Å². The summed E-state index contributed by atoms with van der Waals surface area (Å²) in [5, 5.41) is 2.95. The van der Waals surface area contributed by atoms with Gasteiger partial charge in [-0.2, -0.15) is 0 Å². The first kappa shape index (κ1) is 19.6. The van der Waals surface area contributed by atoms with E-state index in [1.807, 2.05) is 32.0 Å². The van der Waals surface area contributed by atoms with Crippen LogP contribution in [0, 0.1) is 6.92 Å². The van der Waals surface area contributed by atoms with E-state index in [2.05, 4.69) is 17.2 Å². The summed E-state index contributed by atoms with van der Waals surface area (Å²) >= 11 is 0. The fourth-order valence-electron chi connectivity index (χ4n) is 2.78. The quantitative estimate of drug-likeness (QED) is 0.816. The number of pyridine rings is 1. The summed E-state index contributed by atoms with van der Waals surface area (Å²) in [6, 6.07) is 9.15. The van der Waals surface area contributed by atoms with Crippen LogP contribution in [-0.2, 0) is 6.42 Å². The summed E-state index contributed by atoms with van der Waals surface area (Å²) in [7, 11) is 1.78. The fourth-order valence-corrected chi connectivity index (χ4v) is 2.78. The Morgan fingerprint density at radius 3 is 2.65 bits per heavy atom. The fraction of sp³-hybridized carbons (Fsp3) is 0.381. The summed E-state index contributed by atoms with van der Waals surface area (Å²) in [6.07, 6.45) is 4.31. The summed E-state index contributed by atoms with van der Waals surface area (Å²) in [4.78, 5) is 31.0. The van der Waals surface area contributed by atoms with E-state index >= 15 is 0 Å². The molecule has 0 bridgehead atoms. The minimum atomic E-state index is -0.306. The number of rotatable bonds is 7.